The summed E-state index contributed by atoms with van der Waals surface area (Å²) < 4.78 is 0. The maximum Gasteiger partial charge on any atom is 0.0455 e. The van der Waals surface area contributed by atoms with Crippen molar-refractivity contribution in [2.24, 2.45) is 0 Å². The fourth-order valence-corrected chi connectivity index (χ4v) is 2.65. The Morgan fingerprint density at radius 3 is 3.21 bits per heavy atom. The van der Waals surface area contributed by atoms with Gasteiger partial charge in [0.2, 0.25) is 0 Å². The van der Waals surface area contributed by atoms with E-state index in [-0.39, 0.29) is 0 Å². The number of hydrogen-bond donors (Lipinski definition) is 1. The van der Waals surface area contributed by atoms with Gasteiger partial charge in [-0.05, 0) is 31.0 Å². The molecule has 0 bridgehead atoms. The first-order valence-corrected chi connectivity index (χ1v) is 5.50. The van der Waals surface area contributed by atoms with Gasteiger partial charge < -0.3 is 10.2 Å². The SMILES string of the molecule is c1ccc2c(c1)C[C@@H]1CNCCCN21. The molecule has 0 aliphatic carbocycles. The highest BCUT2D eigenvalue weighted by atomic mass is 15.2. The maximum absolute atomic E-state index is 3.51. The summed E-state index contributed by atoms with van der Waals surface area (Å²) in [7, 11) is 0. The zero-order chi connectivity index (χ0) is 9.38. The van der Waals surface area contributed by atoms with Crippen molar-refractivity contribution in [3.8, 4) is 0 Å². The van der Waals surface area contributed by atoms with Crippen LogP contribution in [0, 0.1) is 0 Å². The second kappa shape index (κ2) is 3.28. The molecule has 0 unspecified atom stereocenters. The molecule has 1 saturated heterocycles. The van der Waals surface area contributed by atoms with Crippen molar-refractivity contribution < 1.29 is 0 Å². The Hall–Kier alpha value is -1.02. The minimum absolute atomic E-state index is 0.704. The van der Waals surface area contributed by atoms with Gasteiger partial charge in [0.1, 0.15) is 0 Å². The molecule has 2 heterocycles. The molecule has 0 amide bonds. The van der Waals surface area contributed by atoms with Crippen molar-refractivity contribution >= 4 is 5.69 Å². The molecule has 2 heteroatoms. The van der Waals surface area contributed by atoms with Crippen molar-refractivity contribution in [1.82, 2.24) is 5.32 Å². The Kier molecular flexibility index (Phi) is 1.95. The van der Waals surface area contributed by atoms with E-state index in [1.165, 1.54) is 37.2 Å². The third kappa shape index (κ3) is 1.22. The Morgan fingerprint density at radius 1 is 1.29 bits per heavy atom. The van der Waals surface area contributed by atoms with Crippen molar-refractivity contribution in [2.45, 2.75) is 18.9 Å². The standard InChI is InChI=1S/C12H16N2/c1-2-5-12-10(4-1)8-11-9-13-6-3-7-14(11)12/h1-2,4-5,11,13H,3,6-9H2/t11-/m1/s1. The van der Waals surface area contributed by atoms with Gasteiger partial charge in [0.15, 0.2) is 0 Å². The first kappa shape index (κ1) is 8.30. The lowest BCUT2D eigenvalue weighted by molar-refractivity contribution is 0.613. The molecular formula is C12H16N2. The van der Waals surface area contributed by atoms with Gasteiger partial charge in [-0.15, -0.1) is 0 Å². The number of nitrogens with zero attached hydrogens (tertiary/aromatic N) is 1. The number of para-hydroxylation sites is 1. The van der Waals surface area contributed by atoms with Crippen molar-refractivity contribution in [1.29, 1.82) is 0 Å². The molecule has 1 aromatic rings. The fourth-order valence-electron chi connectivity index (χ4n) is 2.65. The van der Waals surface area contributed by atoms with Gasteiger partial charge in [0.25, 0.3) is 0 Å². The van der Waals surface area contributed by atoms with Gasteiger partial charge >= 0.3 is 0 Å². The van der Waals surface area contributed by atoms with Gasteiger partial charge in [-0.3, -0.25) is 0 Å². The van der Waals surface area contributed by atoms with E-state index in [4.69, 9.17) is 0 Å². The van der Waals surface area contributed by atoms with Gasteiger partial charge in [0, 0.05) is 24.8 Å². The Bertz CT molecular complexity index is 335. The lowest BCUT2D eigenvalue weighted by Gasteiger charge is -2.24. The van der Waals surface area contributed by atoms with Crippen LogP contribution in [-0.2, 0) is 6.42 Å². The quantitative estimate of drug-likeness (QED) is 0.662. The molecule has 1 aromatic carbocycles. The van der Waals surface area contributed by atoms with Crippen molar-refractivity contribution in [3.05, 3.63) is 29.8 Å². The smallest absolute Gasteiger partial charge is 0.0455 e. The largest absolute Gasteiger partial charge is 0.367 e. The number of fused-ring (bicyclic) bond motifs is 3. The summed E-state index contributed by atoms with van der Waals surface area (Å²) in [6.07, 6.45) is 2.49. The molecule has 2 aliphatic heterocycles. The van der Waals surface area contributed by atoms with Crippen LogP contribution in [0.1, 0.15) is 12.0 Å². The third-order valence-electron chi connectivity index (χ3n) is 3.33. The number of benzene rings is 1. The summed E-state index contributed by atoms with van der Waals surface area (Å²) in [6.45, 7) is 3.54. The summed E-state index contributed by atoms with van der Waals surface area (Å²) >= 11 is 0. The monoisotopic (exact) mass is 188 g/mol. The number of hydrogen-bond acceptors (Lipinski definition) is 2. The average molecular weight is 188 g/mol. The van der Waals surface area contributed by atoms with E-state index in [1.807, 2.05) is 0 Å². The van der Waals surface area contributed by atoms with Crippen LogP contribution in [0.25, 0.3) is 0 Å². The normalized spacial score (nSPS) is 25.4. The van der Waals surface area contributed by atoms with E-state index in [1.54, 1.807) is 0 Å². The molecule has 1 N–H and O–H groups in total. The highest BCUT2D eigenvalue weighted by Gasteiger charge is 2.29. The number of rotatable bonds is 0. The van der Waals surface area contributed by atoms with Gasteiger partial charge in [0.05, 0.1) is 0 Å². The Labute approximate surface area is 84.9 Å². The van der Waals surface area contributed by atoms with Gasteiger partial charge in [-0.2, -0.15) is 0 Å². The van der Waals surface area contributed by atoms with E-state index in [0.29, 0.717) is 6.04 Å². The predicted octanol–water partition coefficient (Wildman–Crippen LogP) is 1.41. The van der Waals surface area contributed by atoms with Crippen LogP contribution in [0.3, 0.4) is 0 Å². The van der Waals surface area contributed by atoms with E-state index in [9.17, 15) is 0 Å². The van der Waals surface area contributed by atoms with Crippen LogP contribution in [-0.4, -0.2) is 25.7 Å². The molecule has 1 atom stereocenters. The van der Waals surface area contributed by atoms with Crippen LogP contribution in [0.2, 0.25) is 0 Å². The minimum atomic E-state index is 0.704. The Morgan fingerprint density at radius 2 is 2.21 bits per heavy atom. The summed E-state index contributed by atoms with van der Waals surface area (Å²) in [5, 5.41) is 3.51. The molecule has 2 aliphatic rings. The molecule has 74 valence electrons. The first-order valence-electron chi connectivity index (χ1n) is 5.50. The van der Waals surface area contributed by atoms with Crippen LogP contribution >= 0.6 is 0 Å². The molecule has 14 heavy (non-hydrogen) atoms. The molecule has 1 fully saturated rings. The second-order valence-electron chi connectivity index (χ2n) is 4.24. The minimum Gasteiger partial charge on any atom is -0.367 e. The highest BCUT2D eigenvalue weighted by Crippen LogP contribution is 2.32. The number of anilines is 1. The molecule has 0 saturated carbocycles. The first-order chi connectivity index (χ1) is 6.95. The molecular weight excluding hydrogens is 172 g/mol. The van der Waals surface area contributed by atoms with E-state index >= 15 is 0 Å². The van der Waals surface area contributed by atoms with Crippen molar-refractivity contribution in [3.63, 3.8) is 0 Å². The van der Waals surface area contributed by atoms with Crippen molar-refractivity contribution in [2.75, 3.05) is 24.5 Å². The summed E-state index contributed by atoms with van der Waals surface area (Å²) in [6, 6.07) is 9.54. The summed E-state index contributed by atoms with van der Waals surface area (Å²) in [5.74, 6) is 0. The zero-order valence-corrected chi connectivity index (χ0v) is 8.37. The van der Waals surface area contributed by atoms with E-state index in [2.05, 4.69) is 34.5 Å². The van der Waals surface area contributed by atoms with Gasteiger partial charge in [-0.25, -0.2) is 0 Å². The molecule has 2 nitrogen and oxygen atoms in total. The fraction of sp³-hybridized carbons (Fsp3) is 0.500. The van der Waals surface area contributed by atoms with Crippen LogP contribution < -0.4 is 10.2 Å². The lowest BCUT2D eigenvalue weighted by atomic mass is 10.1. The average Bonchev–Trinajstić information content (AvgIpc) is 2.42. The number of nitrogens with one attached hydrogen (secondary N) is 1. The second-order valence-corrected chi connectivity index (χ2v) is 4.24. The zero-order valence-electron chi connectivity index (χ0n) is 8.37. The van der Waals surface area contributed by atoms with E-state index < -0.39 is 0 Å². The molecule has 0 spiro atoms. The summed E-state index contributed by atoms with van der Waals surface area (Å²) in [5.41, 5.74) is 3.00. The highest BCUT2D eigenvalue weighted by molar-refractivity contribution is 5.59. The van der Waals surface area contributed by atoms with Crippen LogP contribution in [0.5, 0.6) is 0 Å². The lowest BCUT2D eigenvalue weighted by Crippen LogP contribution is -2.36. The molecule has 0 aromatic heterocycles. The summed E-state index contributed by atoms with van der Waals surface area (Å²) in [4.78, 5) is 2.58. The Balaban J connectivity index is 1.96. The molecule has 0 radical (unpaired) electrons. The topological polar surface area (TPSA) is 15.3 Å². The maximum atomic E-state index is 3.51. The third-order valence-corrected chi connectivity index (χ3v) is 3.33. The van der Waals surface area contributed by atoms with Crippen LogP contribution in [0.15, 0.2) is 24.3 Å². The molecule has 3 rings (SSSR count). The predicted molar refractivity (Wildman–Crippen MR) is 58.8 cm³/mol. The van der Waals surface area contributed by atoms with Crippen LogP contribution in [0.4, 0.5) is 5.69 Å². The van der Waals surface area contributed by atoms with E-state index in [0.717, 1.165) is 6.54 Å². The van der Waals surface area contributed by atoms with Gasteiger partial charge in [-0.1, -0.05) is 18.2 Å².